The van der Waals surface area contributed by atoms with Gasteiger partial charge in [-0.1, -0.05) is 0 Å². The van der Waals surface area contributed by atoms with E-state index in [1.165, 1.54) is 12.3 Å². The Labute approximate surface area is 153 Å². The third-order valence-corrected chi connectivity index (χ3v) is 3.25. The van der Waals surface area contributed by atoms with Crippen molar-refractivity contribution in [2.45, 2.75) is 18.3 Å². The van der Waals surface area contributed by atoms with Gasteiger partial charge in [-0.2, -0.15) is 13.2 Å². The van der Waals surface area contributed by atoms with Gasteiger partial charge in [0.2, 0.25) is 5.54 Å². The second-order valence-electron chi connectivity index (χ2n) is 4.83. The molecular weight excluding hydrogens is 389 g/mol. The van der Waals surface area contributed by atoms with Crippen LogP contribution in [0, 0.1) is 5.82 Å². The predicted octanol–water partition coefficient (Wildman–Crippen LogP) is 1.27. The first kappa shape index (κ1) is 23.4. The van der Waals surface area contributed by atoms with Crippen molar-refractivity contribution < 1.29 is 22.4 Å². The molecule has 1 aliphatic rings. The first-order valence-electron chi connectivity index (χ1n) is 6.68. The van der Waals surface area contributed by atoms with E-state index in [9.17, 15) is 22.4 Å². The van der Waals surface area contributed by atoms with Crippen LogP contribution >= 0.6 is 24.8 Å². The van der Waals surface area contributed by atoms with Crippen LogP contribution in [0.4, 0.5) is 17.6 Å². The van der Waals surface area contributed by atoms with Crippen LogP contribution in [0.1, 0.15) is 5.69 Å². The highest BCUT2D eigenvalue weighted by Crippen LogP contribution is 2.35. The van der Waals surface area contributed by atoms with E-state index >= 15 is 0 Å². The molecule has 142 valence electrons. The Hall–Kier alpha value is -1.62. The summed E-state index contributed by atoms with van der Waals surface area (Å²) in [7, 11) is 0. The quantitative estimate of drug-likeness (QED) is 0.642. The fourth-order valence-electron chi connectivity index (χ4n) is 2.04. The van der Waals surface area contributed by atoms with Gasteiger partial charge in [-0.15, -0.1) is 24.8 Å². The number of hydrogen-bond donors (Lipinski definition) is 3. The van der Waals surface area contributed by atoms with Crippen LogP contribution in [-0.4, -0.2) is 40.7 Å². The van der Waals surface area contributed by atoms with Gasteiger partial charge in [-0.3, -0.25) is 9.78 Å². The maximum absolute atomic E-state index is 13.4. The smallest absolute Gasteiger partial charge is 0.348 e. The van der Waals surface area contributed by atoms with Crippen molar-refractivity contribution in [1.82, 2.24) is 20.7 Å². The van der Waals surface area contributed by atoms with Gasteiger partial charge in [-0.05, 0) is 18.2 Å². The van der Waals surface area contributed by atoms with Crippen LogP contribution in [0.15, 0.2) is 30.6 Å². The number of nitrogens with one attached hydrogen (secondary N) is 2. The first-order chi connectivity index (χ1) is 10.8. The van der Waals surface area contributed by atoms with Crippen molar-refractivity contribution in [3.8, 4) is 0 Å². The average Bonchev–Trinajstić information content (AvgIpc) is 2.92. The summed E-state index contributed by atoms with van der Waals surface area (Å²) in [6.45, 7) is -0.266. The Balaban J connectivity index is 0.00000288. The van der Waals surface area contributed by atoms with Gasteiger partial charge in [0.1, 0.15) is 5.82 Å². The summed E-state index contributed by atoms with van der Waals surface area (Å²) >= 11 is 0. The molecule has 1 atom stereocenters. The number of aromatic nitrogens is 1. The van der Waals surface area contributed by atoms with Crippen molar-refractivity contribution in [3.05, 3.63) is 42.1 Å². The van der Waals surface area contributed by atoms with Crippen molar-refractivity contribution in [2.24, 2.45) is 5.73 Å². The molecule has 0 bridgehead atoms. The van der Waals surface area contributed by atoms with E-state index < -0.39 is 30.0 Å². The zero-order valence-electron chi connectivity index (χ0n) is 12.7. The maximum Gasteiger partial charge on any atom is 0.421 e. The molecule has 4 N–H and O–H groups in total. The molecule has 0 saturated heterocycles. The fraction of sp³-hybridized carbons (Fsp3) is 0.385. The highest BCUT2D eigenvalue weighted by Gasteiger charge is 2.61. The molecule has 0 saturated carbocycles. The molecule has 1 amide bonds. The van der Waals surface area contributed by atoms with Crippen molar-refractivity contribution in [2.75, 3.05) is 13.1 Å². The number of alkyl halides is 3. The second-order valence-corrected chi connectivity index (χ2v) is 4.83. The number of halogens is 6. The van der Waals surface area contributed by atoms with Crippen LogP contribution in [0.5, 0.6) is 0 Å². The van der Waals surface area contributed by atoms with E-state index in [-0.39, 0.29) is 43.6 Å². The summed E-state index contributed by atoms with van der Waals surface area (Å²) in [6, 6.07) is 2.44. The Morgan fingerprint density at radius 2 is 2.08 bits per heavy atom. The van der Waals surface area contributed by atoms with Gasteiger partial charge >= 0.3 is 6.18 Å². The molecule has 0 radical (unpaired) electrons. The molecule has 0 aromatic carbocycles. The number of nitrogens with two attached hydrogens (primary N) is 1. The molecule has 25 heavy (non-hydrogen) atoms. The summed E-state index contributed by atoms with van der Waals surface area (Å²) in [5.74, 6) is -2.07. The Morgan fingerprint density at radius 1 is 1.40 bits per heavy atom. The number of hydrazine groups is 1. The zero-order valence-corrected chi connectivity index (χ0v) is 14.3. The lowest BCUT2D eigenvalue weighted by Gasteiger charge is -2.31. The number of hydrogen-bond acceptors (Lipinski definition) is 5. The molecule has 12 heteroatoms. The lowest BCUT2D eigenvalue weighted by atomic mass is 9.99. The first-order valence-corrected chi connectivity index (χ1v) is 6.68. The SMILES string of the molecule is Cl.Cl.NCCN1C=CC(C(=O)NCc2ncccc2F)(C(F)(F)F)N1. The number of nitrogens with zero attached hydrogens (tertiary/aromatic N) is 2. The normalized spacial score (nSPS) is 19.2. The molecular formula is C13H17Cl2F4N5O. The van der Waals surface area contributed by atoms with E-state index in [0.717, 1.165) is 17.3 Å². The summed E-state index contributed by atoms with van der Waals surface area (Å²) in [4.78, 5) is 15.8. The van der Waals surface area contributed by atoms with Gasteiger partial charge in [0, 0.05) is 25.5 Å². The van der Waals surface area contributed by atoms with Gasteiger partial charge in [0.15, 0.2) is 0 Å². The fourth-order valence-corrected chi connectivity index (χ4v) is 2.04. The molecule has 0 fully saturated rings. The van der Waals surface area contributed by atoms with Gasteiger partial charge in [0.25, 0.3) is 5.91 Å². The summed E-state index contributed by atoms with van der Waals surface area (Å²) < 4.78 is 53.5. The lowest BCUT2D eigenvalue weighted by Crippen LogP contribution is -2.65. The third-order valence-electron chi connectivity index (χ3n) is 3.25. The molecule has 1 aromatic rings. The van der Waals surface area contributed by atoms with Crippen LogP contribution < -0.4 is 16.5 Å². The van der Waals surface area contributed by atoms with Crippen LogP contribution in [0.3, 0.4) is 0 Å². The minimum atomic E-state index is -4.89. The van der Waals surface area contributed by atoms with Crippen LogP contribution in [0.25, 0.3) is 0 Å². The van der Waals surface area contributed by atoms with Crippen LogP contribution in [0.2, 0.25) is 0 Å². The number of carbonyl (C=O) groups is 1. The molecule has 0 spiro atoms. The maximum atomic E-state index is 13.4. The number of carbonyl (C=O) groups excluding carboxylic acids is 1. The van der Waals surface area contributed by atoms with Crippen LogP contribution in [-0.2, 0) is 11.3 Å². The predicted molar refractivity (Wildman–Crippen MR) is 87.4 cm³/mol. The van der Waals surface area contributed by atoms with E-state index in [4.69, 9.17) is 5.73 Å². The topological polar surface area (TPSA) is 83.3 Å². The molecule has 1 unspecified atom stereocenters. The molecule has 2 rings (SSSR count). The molecule has 2 heterocycles. The minimum Gasteiger partial charge on any atom is -0.348 e. The molecule has 0 aliphatic carbocycles. The van der Waals surface area contributed by atoms with Gasteiger partial charge in [0.05, 0.1) is 12.2 Å². The van der Waals surface area contributed by atoms with Crippen molar-refractivity contribution in [1.29, 1.82) is 0 Å². The third kappa shape index (κ3) is 4.94. The number of rotatable bonds is 5. The van der Waals surface area contributed by atoms with Gasteiger partial charge in [-0.25, -0.2) is 9.82 Å². The standard InChI is InChI=1S/C13H15F4N5O.2ClH/c14-9-2-1-5-19-10(9)8-20-11(23)12(13(15,16)17)3-6-22(21-12)7-4-18;;/h1-3,5-6,21H,4,7-8,18H2,(H,20,23);2*1H. The minimum absolute atomic E-state index is 0. The Kier molecular flexibility index (Phi) is 8.59. The van der Waals surface area contributed by atoms with E-state index in [1.807, 2.05) is 0 Å². The highest BCUT2D eigenvalue weighted by atomic mass is 35.5. The molecule has 1 aromatic heterocycles. The Morgan fingerprint density at radius 3 is 2.64 bits per heavy atom. The summed E-state index contributed by atoms with van der Waals surface area (Å²) in [6.07, 6.45) is -1.81. The summed E-state index contributed by atoms with van der Waals surface area (Å²) in [5, 5.41) is 3.14. The van der Waals surface area contributed by atoms with Crippen molar-refractivity contribution >= 4 is 30.7 Å². The van der Waals surface area contributed by atoms with Crippen molar-refractivity contribution in [3.63, 3.8) is 0 Å². The second kappa shape index (κ2) is 9.18. The number of amides is 1. The van der Waals surface area contributed by atoms with E-state index in [1.54, 1.807) is 0 Å². The van der Waals surface area contributed by atoms with E-state index in [2.05, 4.69) is 15.7 Å². The molecule has 6 nitrogen and oxygen atoms in total. The van der Waals surface area contributed by atoms with Gasteiger partial charge < -0.3 is 16.1 Å². The monoisotopic (exact) mass is 405 g/mol. The molecule has 1 aliphatic heterocycles. The van der Waals surface area contributed by atoms with E-state index in [0.29, 0.717) is 6.08 Å². The number of pyridine rings is 1. The highest BCUT2D eigenvalue weighted by molar-refractivity contribution is 5.90. The average molecular weight is 406 g/mol. The lowest BCUT2D eigenvalue weighted by molar-refractivity contribution is -0.193. The summed E-state index contributed by atoms with van der Waals surface area (Å²) in [5.41, 5.74) is 4.30. The zero-order chi connectivity index (χ0) is 17.1. The largest absolute Gasteiger partial charge is 0.421 e. The Bertz CT molecular complexity index is 616.